The molecule has 0 radical (unpaired) electrons. The van der Waals surface area contributed by atoms with Crippen LogP contribution in [0.15, 0.2) is 18.2 Å². The number of hydrogen-bond donors (Lipinski definition) is 1. The minimum atomic E-state index is -0.187. The normalized spacial score (nSPS) is 15.5. The number of hydrogen-bond acceptors (Lipinski definition) is 4. The first-order chi connectivity index (χ1) is 9.60. The van der Waals surface area contributed by atoms with E-state index in [1.807, 2.05) is 20.0 Å². The molecule has 3 rings (SSSR count). The summed E-state index contributed by atoms with van der Waals surface area (Å²) in [5.74, 6) is -0.187. The van der Waals surface area contributed by atoms with Gasteiger partial charge in [0.05, 0.1) is 5.69 Å². The van der Waals surface area contributed by atoms with Crippen LogP contribution in [0.4, 0.5) is 15.2 Å². The topological polar surface area (TPSA) is 28.2 Å². The largest absolute Gasteiger partial charge is 0.317 e. The van der Waals surface area contributed by atoms with Gasteiger partial charge in [-0.3, -0.25) is 0 Å². The summed E-state index contributed by atoms with van der Waals surface area (Å²) >= 11 is 1.69. The van der Waals surface area contributed by atoms with Crippen LogP contribution in [-0.2, 0) is 6.42 Å². The van der Waals surface area contributed by atoms with Gasteiger partial charge < -0.3 is 10.2 Å². The van der Waals surface area contributed by atoms with Crippen LogP contribution < -0.4 is 10.2 Å². The van der Waals surface area contributed by atoms with Crippen molar-refractivity contribution in [2.45, 2.75) is 26.3 Å². The molecule has 1 aliphatic rings. The van der Waals surface area contributed by atoms with E-state index in [9.17, 15) is 4.39 Å². The first-order valence-electron chi connectivity index (χ1n) is 6.80. The van der Waals surface area contributed by atoms with Crippen molar-refractivity contribution in [2.24, 2.45) is 0 Å². The lowest BCUT2D eigenvalue weighted by molar-refractivity contribution is 0.628. The summed E-state index contributed by atoms with van der Waals surface area (Å²) in [7, 11) is 1.95. The zero-order chi connectivity index (χ0) is 14.3. The van der Waals surface area contributed by atoms with Gasteiger partial charge in [0.15, 0.2) is 5.13 Å². The first-order valence-corrected chi connectivity index (χ1v) is 7.62. The van der Waals surface area contributed by atoms with Crippen molar-refractivity contribution in [1.29, 1.82) is 0 Å². The highest BCUT2D eigenvalue weighted by atomic mass is 32.1. The van der Waals surface area contributed by atoms with Crippen LogP contribution in [0.2, 0.25) is 0 Å². The molecule has 0 saturated carbocycles. The molecule has 20 heavy (non-hydrogen) atoms. The molecule has 2 heterocycles. The Labute approximate surface area is 122 Å². The van der Waals surface area contributed by atoms with Gasteiger partial charge in [-0.2, -0.15) is 0 Å². The zero-order valence-corrected chi connectivity index (χ0v) is 12.7. The van der Waals surface area contributed by atoms with Gasteiger partial charge in [0.25, 0.3) is 0 Å². The van der Waals surface area contributed by atoms with Gasteiger partial charge in [0.1, 0.15) is 5.82 Å². The molecule has 1 atom stereocenters. The fourth-order valence-electron chi connectivity index (χ4n) is 2.59. The molecular weight excluding hydrogens is 273 g/mol. The minimum Gasteiger partial charge on any atom is -0.317 e. The van der Waals surface area contributed by atoms with E-state index < -0.39 is 0 Å². The number of aromatic nitrogens is 1. The van der Waals surface area contributed by atoms with Crippen LogP contribution in [0.1, 0.15) is 29.1 Å². The molecule has 0 spiro atoms. The fraction of sp³-hybridized carbons (Fsp3) is 0.400. The number of aryl methyl sites for hydroxylation is 1. The number of benzene rings is 1. The molecule has 5 heteroatoms. The molecule has 2 aromatic rings. The van der Waals surface area contributed by atoms with Crippen molar-refractivity contribution in [3.05, 3.63) is 40.2 Å². The van der Waals surface area contributed by atoms with E-state index in [0.717, 1.165) is 29.5 Å². The van der Waals surface area contributed by atoms with Gasteiger partial charge in [0.2, 0.25) is 0 Å². The highest BCUT2D eigenvalue weighted by molar-refractivity contribution is 7.15. The Morgan fingerprint density at radius 2 is 2.25 bits per heavy atom. The Bertz CT molecular complexity index is 638. The quantitative estimate of drug-likeness (QED) is 0.937. The average molecular weight is 291 g/mol. The highest BCUT2D eigenvalue weighted by Gasteiger charge is 2.25. The lowest BCUT2D eigenvalue weighted by Crippen LogP contribution is -2.13. The van der Waals surface area contributed by atoms with E-state index in [4.69, 9.17) is 0 Å². The maximum absolute atomic E-state index is 13.5. The summed E-state index contributed by atoms with van der Waals surface area (Å²) in [6, 6.07) is 5.31. The predicted octanol–water partition coefficient (Wildman–Crippen LogP) is 3.57. The lowest BCUT2D eigenvalue weighted by atomic mass is 10.2. The molecule has 1 unspecified atom stereocenters. The van der Waals surface area contributed by atoms with Crippen molar-refractivity contribution in [3.63, 3.8) is 0 Å². The summed E-state index contributed by atoms with van der Waals surface area (Å²) in [5.41, 5.74) is 3.21. The molecule has 1 N–H and O–H groups in total. The van der Waals surface area contributed by atoms with E-state index >= 15 is 0 Å². The van der Waals surface area contributed by atoms with Crippen molar-refractivity contribution >= 4 is 22.2 Å². The van der Waals surface area contributed by atoms with Crippen LogP contribution in [0.5, 0.6) is 0 Å². The van der Waals surface area contributed by atoms with Gasteiger partial charge in [-0.15, -0.1) is 0 Å². The number of anilines is 2. The van der Waals surface area contributed by atoms with E-state index in [0.29, 0.717) is 0 Å². The standard InChI is InChI=1S/C15H18FN3S/c1-9(17-3)14-10(2)18-15(20-14)19-7-6-11-4-5-12(16)8-13(11)19/h4-5,8-9,17H,6-7H2,1-3H3. The SMILES string of the molecule is CNC(C)c1sc(N2CCc3ccc(F)cc32)nc1C. The molecule has 0 aliphatic carbocycles. The average Bonchev–Trinajstić information content (AvgIpc) is 3.01. The number of rotatable bonds is 3. The molecular formula is C15H18FN3S. The maximum atomic E-state index is 13.5. The van der Waals surface area contributed by atoms with Crippen LogP contribution in [0.3, 0.4) is 0 Å². The Kier molecular flexibility index (Phi) is 3.48. The summed E-state index contributed by atoms with van der Waals surface area (Å²) in [6.07, 6.45) is 0.950. The Balaban J connectivity index is 1.98. The van der Waals surface area contributed by atoms with Crippen molar-refractivity contribution in [3.8, 4) is 0 Å². The fourth-order valence-corrected chi connectivity index (χ4v) is 3.76. The summed E-state index contributed by atoms with van der Waals surface area (Å²) in [4.78, 5) is 8.04. The lowest BCUT2D eigenvalue weighted by Gasteiger charge is -2.15. The molecule has 0 fully saturated rings. The molecule has 0 bridgehead atoms. The van der Waals surface area contributed by atoms with Crippen LogP contribution in [0.25, 0.3) is 0 Å². The second-order valence-corrected chi connectivity index (χ2v) is 6.14. The zero-order valence-electron chi connectivity index (χ0n) is 11.9. The van der Waals surface area contributed by atoms with Crippen LogP contribution in [0, 0.1) is 12.7 Å². The smallest absolute Gasteiger partial charge is 0.190 e. The summed E-state index contributed by atoms with van der Waals surface area (Å²) in [5, 5.41) is 4.21. The Morgan fingerprint density at radius 1 is 1.45 bits per heavy atom. The number of thiazole rings is 1. The van der Waals surface area contributed by atoms with Gasteiger partial charge in [0, 0.05) is 23.2 Å². The maximum Gasteiger partial charge on any atom is 0.190 e. The minimum absolute atomic E-state index is 0.187. The van der Waals surface area contributed by atoms with E-state index in [-0.39, 0.29) is 11.9 Å². The van der Waals surface area contributed by atoms with E-state index in [2.05, 4.69) is 22.1 Å². The second kappa shape index (κ2) is 5.14. The summed E-state index contributed by atoms with van der Waals surface area (Å²) in [6.45, 7) is 5.03. The van der Waals surface area contributed by atoms with Gasteiger partial charge in [-0.25, -0.2) is 9.37 Å². The van der Waals surface area contributed by atoms with E-state index in [1.54, 1.807) is 17.4 Å². The third-order valence-electron chi connectivity index (χ3n) is 3.82. The van der Waals surface area contributed by atoms with Crippen LogP contribution >= 0.6 is 11.3 Å². The monoisotopic (exact) mass is 291 g/mol. The van der Waals surface area contributed by atoms with E-state index in [1.165, 1.54) is 16.5 Å². The molecule has 1 aromatic carbocycles. The number of nitrogens with one attached hydrogen (secondary N) is 1. The first kappa shape index (κ1) is 13.5. The molecule has 3 nitrogen and oxygen atoms in total. The van der Waals surface area contributed by atoms with Crippen LogP contribution in [-0.4, -0.2) is 18.6 Å². The third kappa shape index (κ3) is 2.21. The highest BCUT2D eigenvalue weighted by Crippen LogP contribution is 2.39. The molecule has 106 valence electrons. The molecule has 0 saturated heterocycles. The van der Waals surface area contributed by atoms with Gasteiger partial charge in [-0.05, 0) is 45.0 Å². The number of halogens is 1. The predicted molar refractivity (Wildman–Crippen MR) is 81.4 cm³/mol. The summed E-state index contributed by atoms with van der Waals surface area (Å²) < 4.78 is 13.5. The second-order valence-electron chi connectivity index (χ2n) is 5.13. The van der Waals surface area contributed by atoms with Crippen molar-refractivity contribution in [1.82, 2.24) is 10.3 Å². The van der Waals surface area contributed by atoms with Crippen molar-refractivity contribution in [2.75, 3.05) is 18.5 Å². The molecule has 0 amide bonds. The molecule has 1 aliphatic heterocycles. The van der Waals surface area contributed by atoms with Gasteiger partial charge >= 0.3 is 0 Å². The van der Waals surface area contributed by atoms with Gasteiger partial charge in [-0.1, -0.05) is 17.4 Å². The van der Waals surface area contributed by atoms with Crippen molar-refractivity contribution < 1.29 is 4.39 Å². The Hall–Kier alpha value is -1.46. The number of nitrogens with zero attached hydrogens (tertiary/aromatic N) is 2. The Morgan fingerprint density at radius 3 is 3.00 bits per heavy atom. The number of fused-ring (bicyclic) bond motifs is 1. The molecule has 1 aromatic heterocycles. The third-order valence-corrected chi connectivity index (χ3v) is 5.18.